The zero-order valence-electron chi connectivity index (χ0n) is 20.0. The number of amides is 1. The fourth-order valence-electron chi connectivity index (χ4n) is 3.90. The number of fused-ring (bicyclic) bond motifs is 3. The van der Waals surface area contributed by atoms with E-state index in [1.807, 2.05) is 24.3 Å². The lowest BCUT2D eigenvalue weighted by Gasteiger charge is -2.20. The largest absolute Gasteiger partial charge is 0.460 e. The van der Waals surface area contributed by atoms with Gasteiger partial charge in [0.1, 0.15) is 18.2 Å². The van der Waals surface area contributed by atoms with Crippen molar-refractivity contribution in [3.63, 3.8) is 0 Å². The second-order valence-electron chi connectivity index (χ2n) is 9.38. The molecule has 4 N–H and O–H groups in total. The zero-order valence-corrected chi connectivity index (χ0v) is 20.8. The molecule has 0 bridgehead atoms. The number of nitrogens with two attached hydrogens (primary N) is 1. The van der Waals surface area contributed by atoms with Crippen molar-refractivity contribution >= 4 is 29.4 Å². The highest BCUT2D eigenvalue weighted by atomic mass is 32.1. The molecule has 0 radical (unpaired) electrons. The summed E-state index contributed by atoms with van der Waals surface area (Å²) >= 11 is 5.08. The molecule has 1 amide bonds. The Kier molecular flexibility index (Phi) is 8.63. The molecule has 1 unspecified atom stereocenters. The fourth-order valence-corrected chi connectivity index (χ4v) is 4.08. The van der Waals surface area contributed by atoms with Gasteiger partial charge in [0, 0.05) is 6.54 Å². The fraction of sp³-hybridized carbons (Fsp3) is 0.423. The summed E-state index contributed by atoms with van der Waals surface area (Å²) in [5.41, 5.74) is 11.4. The van der Waals surface area contributed by atoms with Crippen molar-refractivity contribution in [2.45, 2.75) is 64.7 Å². The maximum absolute atomic E-state index is 12.4. The lowest BCUT2D eigenvalue weighted by molar-refractivity contribution is -0.146. The van der Waals surface area contributed by atoms with Gasteiger partial charge in [-0.2, -0.15) is 0 Å². The predicted molar refractivity (Wildman–Crippen MR) is 136 cm³/mol. The molecule has 1 aliphatic carbocycles. The van der Waals surface area contributed by atoms with Gasteiger partial charge in [0.2, 0.25) is 0 Å². The van der Waals surface area contributed by atoms with Crippen LogP contribution in [0.3, 0.4) is 0 Å². The van der Waals surface area contributed by atoms with Crippen LogP contribution in [0.1, 0.15) is 56.7 Å². The number of unbranched alkanes of at least 4 members (excludes halogenated alkanes) is 1. The number of thiocarbonyl (C=S) groups is 1. The van der Waals surface area contributed by atoms with Gasteiger partial charge in [-0.25, -0.2) is 4.79 Å². The third-order valence-corrected chi connectivity index (χ3v) is 5.67. The highest BCUT2D eigenvalue weighted by Gasteiger charge is 2.22. The van der Waals surface area contributed by atoms with Crippen molar-refractivity contribution in [1.82, 2.24) is 10.6 Å². The summed E-state index contributed by atoms with van der Waals surface area (Å²) in [6.07, 6.45) is 2.26. The minimum Gasteiger partial charge on any atom is -0.460 e. The first-order chi connectivity index (χ1) is 16.1. The SMILES string of the molecule is CC(C)(C)OC(=O)NC(=S)NCCCCC(N)C(=O)OCc1cccc2c1-c1ccccc1C2. The maximum atomic E-state index is 12.4. The molecule has 0 saturated heterocycles. The number of ether oxygens (including phenoxy) is 2. The minimum absolute atomic E-state index is 0.204. The van der Waals surface area contributed by atoms with Crippen molar-refractivity contribution < 1.29 is 19.1 Å². The normalized spacial score (nSPS) is 12.8. The van der Waals surface area contributed by atoms with Crippen molar-refractivity contribution in [2.24, 2.45) is 5.73 Å². The molecule has 8 heteroatoms. The predicted octanol–water partition coefficient (Wildman–Crippen LogP) is 4.20. The number of benzene rings is 2. The van der Waals surface area contributed by atoms with E-state index in [0.29, 0.717) is 19.4 Å². The van der Waals surface area contributed by atoms with Crippen molar-refractivity contribution in [1.29, 1.82) is 0 Å². The number of nitrogens with one attached hydrogen (secondary N) is 2. The lowest BCUT2D eigenvalue weighted by atomic mass is 10.00. The quantitative estimate of drug-likeness (QED) is 0.251. The van der Waals surface area contributed by atoms with Gasteiger partial charge in [0.05, 0.1) is 0 Å². The Morgan fingerprint density at radius 2 is 1.82 bits per heavy atom. The van der Waals surface area contributed by atoms with Crippen LogP contribution in [-0.2, 0) is 27.3 Å². The standard InChI is InChI=1S/C26H33N3O4S/c1-26(2,3)33-25(31)29-24(34)28-14-7-6-13-21(27)23(30)32-16-19-11-8-10-18-15-17-9-4-5-12-20(17)22(18)19/h4-5,8-12,21H,6-7,13-16,27H2,1-3H3,(H2,28,29,31,34). The minimum atomic E-state index is -0.684. The molecule has 0 fully saturated rings. The summed E-state index contributed by atoms with van der Waals surface area (Å²) in [4.78, 5) is 24.1. The number of carbonyl (C=O) groups excluding carboxylic acids is 2. The molecule has 0 saturated carbocycles. The molecule has 1 atom stereocenters. The molecule has 2 aromatic rings. The van der Waals surface area contributed by atoms with E-state index in [0.717, 1.165) is 18.4 Å². The van der Waals surface area contributed by atoms with E-state index >= 15 is 0 Å². The average molecular weight is 484 g/mol. The van der Waals surface area contributed by atoms with Crippen molar-refractivity contribution in [2.75, 3.05) is 6.54 Å². The molecule has 0 aromatic heterocycles. The van der Waals surface area contributed by atoms with Crippen LogP contribution in [0.15, 0.2) is 42.5 Å². The van der Waals surface area contributed by atoms with Gasteiger partial charge in [-0.15, -0.1) is 0 Å². The molecule has 2 aromatic carbocycles. The Labute approximate surface area is 206 Å². The Morgan fingerprint density at radius 1 is 1.09 bits per heavy atom. The van der Waals surface area contributed by atoms with E-state index in [4.69, 9.17) is 27.4 Å². The van der Waals surface area contributed by atoms with Gasteiger partial charge in [-0.3, -0.25) is 10.1 Å². The van der Waals surface area contributed by atoms with Gasteiger partial charge in [0.15, 0.2) is 5.11 Å². The first kappa shape index (κ1) is 25.6. The van der Waals surface area contributed by atoms with E-state index in [1.165, 1.54) is 22.3 Å². The molecule has 182 valence electrons. The molecular weight excluding hydrogens is 450 g/mol. The smallest absolute Gasteiger partial charge is 0.413 e. The number of carbonyl (C=O) groups is 2. The molecule has 1 aliphatic rings. The lowest BCUT2D eigenvalue weighted by Crippen LogP contribution is -2.42. The first-order valence-electron chi connectivity index (χ1n) is 11.5. The van der Waals surface area contributed by atoms with Crippen LogP contribution in [0, 0.1) is 0 Å². The van der Waals surface area contributed by atoms with E-state index in [1.54, 1.807) is 20.8 Å². The van der Waals surface area contributed by atoms with Crippen LogP contribution >= 0.6 is 12.2 Å². The average Bonchev–Trinajstić information content (AvgIpc) is 3.14. The number of hydrogen-bond acceptors (Lipinski definition) is 6. The molecule has 7 nitrogen and oxygen atoms in total. The van der Waals surface area contributed by atoms with Gasteiger partial charge in [-0.1, -0.05) is 42.5 Å². The topological polar surface area (TPSA) is 103 Å². The summed E-state index contributed by atoms with van der Waals surface area (Å²) in [6, 6.07) is 13.8. The molecule has 0 aliphatic heterocycles. The van der Waals surface area contributed by atoms with E-state index < -0.39 is 23.7 Å². The van der Waals surface area contributed by atoms with Crippen LogP contribution in [-0.4, -0.2) is 35.4 Å². The van der Waals surface area contributed by atoms with E-state index in [2.05, 4.69) is 28.8 Å². The first-order valence-corrected chi connectivity index (χ1v) is 11.9. The molecular formula is C26H33N3O4S. The second kappa shape index (κ2) is 11.4. The Morgan fingerprint density at radius 3 is 2.59 bits per heavy atom. The van der Waals surface area contributed by atoms with Gasteiger partial charge in [0.25, 0.3) is 0 Å². The third kappa shape index (κ3) is 7.27. The highest BCUT2D eigenvalue weighted by molar-refractivity contribution is 7.80. The molecule has 0 spiro atoms. The van der Waals surface area contributed by atoms with Gasteiger partial charge < -0.3 is 20.5 Å². The van der Waals surface area contributed by atoms with E-state index in [9.17, 15) is 9.59 Å². The second-order valence-corrected chi connectivity index (χ2v) is 9.79. The molecule has 3 rings (SSSR count). The molecule has 0 heterocycles. The summed E-state index contributed by atoms with van der Waals surface area (Å²) in [7, 11) is 0. The Balaban J connectivity index is 1.37. The zero-order chi connectivity index (χ0) is 24.7. The Bertz CT molecular complexity index is 1050. The summed E-state index contributed by atoms with van der Waals surface area (Å²) in [5, 5.41) is 5.62. The van der Waals surface area contributed by atoms with Crippen LogP contribution in [0.4, 0.5) is 4.79 Å². The summed E-state index contributed by atoms with van der Waals surface area (Å²) < 4.78 is 10.7. The van der Waals surface area contributed by atoms with E-state index in [-0.39, 0.29) is 11.7 Å². The molecule has 34 heavy (non-hydrogen) atoms. The Hall–Kier alpha value is -2.97. The maximum Gasteiger partial charge on any atom is 0.413 e. The highest BCUT2D eigenvalue weighted by Crippen LogP contribution is 2.38. The van der Waals surface area contributed by atoms with Crippen molar-refractivity contribution in [3.8, 4) is 11.1 Å². The van der Waals surface area contributed by atoms with Crippen molar-refractivity contribution in [3.05, 3.63) is 59.2 Å². The van der Waals surface area contributed by atoms with Crippen LogP contribution in [0.2, 0.25) is 0 Å². The monoisotopic (exact) mass is 483 g/mol. The van der Waals surface area contributed by atoms with Crippen LogP contribution < -0.4 is 16.4 Å². The summed E-state index contributed by atoms with van der Waals surface area (Å²) in [5.74, 6) is -0.404. The number of alkyl carbamates (subject to hydrolysis) is 1. The van der Waals surface area contributed by atoms with Crippen LogP contribution in [0.25, 0.3) is 11.1 Å². The van der Waals surface area contributed by atoms with Gasteiger partial charge >= 0.3 is 12.1 Å². The number of esters is 1. The third-order valence-electron chi connectivity index (χ3n) is 5.42. The number of rotatable bonds is 8. The summed E-state index contributed by atoms with van der Waals surface area (Å²) in [6.45, 7) is 6.09. The van der Waals surface area contributed by atoms with Crippen LogP contribution in [0.5, 0.6) is 0 Å². The number of hydrogen-bond donors (Lipinski definition) is 3. The van der Waals surface area contributed by atoms with Gasteiger partial charge in [-0.05, 0) is 86.5 Å².